The van der Waals surface area contributed by atoms with Gasteiger partial charge in [0.05, 0.1) is 28.8 Å². The van der Waals surface area contributed by atoms with Crippen molar-refractivity contribution in [2.45, 2.75) is 76.7 Å². The molecule has 1 aromatic heterocycles. The molecule has 1 aliphatic heterocycles. The van der Waals surface area contributed by atoms with Gasteiger partial charge in [0.25, 0.3) is 0 Å². The SMILES string of the molecule is CC1(C)CC(=O)C2=C(C1)Nc1ccccc1N[C@H]2c1cn(-c2ccccc2)nc1C12CC3CC(CC(C3)C1)C2. The Morgan fingerprint density at radius 3 is 2.18 bits per heavy atom. The molecule has 0 saturated heterocycles. The van der Waals surface area contributed by atoms with Crippen LogP contribution in [0.4, 0.5) is 11.4 Å². The predicted octanol–water partition coefficient (Wildman–Crippen LogP) is 7.56. The minimum Gasteiger partial charge on any atom is -0.372 e. The highest BCUT2D eigenvalue weighted by Gasteiger charge is 2.54. The van der Waals surface area contributed by atoms with Gasteiger partial charge in [-0.05, 0) is 92.4 Å². The summed E-state index contributed by atoms with van der Waals surface area (Å²) in [5.74, 6) is 2.72. The lowest BCUT2D eigenvalue weighted by Crippen LogP contribution is -2.49. The molecule has 5 aliphatic carbocycles. The Morgan fingerprint density at radius 1 is 0.846 bits per heavy atom. The van der Waals surface area contributed by atoms with Crippen molar-refractivity contribution in [1.29, 1.82) is 0 Å². The standard InChI is InChI=1S/C34H38N4O/c1-33(2)18-28-30(29(39)19-33)31(36-27-11-7-6-10-26(27)35-28)25-20-38(24-8-4-3-5-9-24)37-32(25)34-15-21-12-22(16-34)14-23(13-21)17-34/h3-11,20-23,31,35-36H,12-19H2,1-2H3/t21?,22?,23?,31-,34?/m0/s1. The van der Waals surface area contributed by atoms with Gasteiger partial charge < -0.3 is 10.6 Å². The largest absolute Gasteiger partial charge is 0.372 e. The molecule has 1 atom stereocenters. The first-order valence-corrected chi connectivity index (χ1v) is 14.9. The van der Waals surface area contributed by atoms with E-state index in [9.17, 15) is 4.79 Å². The second kappa shape index (κ2) is 8.33. The zero-order chi connectivity index (χ0) is 26.4. The normalized spacial score (nSPS) is 32.2. The first-order chi connectivity index (χ1) is 18.9. The summed E-state index contributed by atoms with van der Waals surface area (Å²) in [6.45, 7) is 4.42. The van der Waals surface area contributed by atoms with Crippen molar-refractivity contribution in [1.82, 2.24) is 9.78 Å². The molecule has 0 spiro atoms. The van der Waals surface area contributed by atoms with Gasteiger partial charge >= 0.3 is 0 Å². The number of nitrogens with zero attached hydrogens (tertiary/aromatic N) is 2. The van der Waals surface area contributed by atoms with E-state index >= 15 is 0 Å². The van der Waals surface area contributed by atoms with Gasteiger partial charge in [-0.15, -0.1) is 0 Å². The van der Waals surface area contributed by atoms with Crippen LogP contribution >= 0.6 is 0 Å². The molecule has 5 heteroatoms. The Balaban J connectivity index is 1.34. The number of fused-ring (bicyclic) bond motifs is 1. The van der Waals surface area contributed by atoms with E-state index in [-0.39, 0.29) is 22.7 Å². The van der Waals surface area contributed by atoms with Crippen LogP contribution in [0.5, 0.6) is 0 Å². The Bertz CT molecular complexity index is 1460. The Kier molecular flexibility index (Phi) is 5.03. The molecule has 2 aromatic carbocycles. The Hall–Kier alpha value is -3.34. The third kappa shape index (κ3) is 3.80. The summed E-state index contributed by atoms with van der Waals surface area (Å²) < 4.78 is 2.09. The van der Waals surface area contributed by atoms with Crippen molar-refractivity contribution >= 4 is 17.2 Å². The average molecular weight is 519 g/mol. The molecule has 4 fully saturated rings. The summed E-state index contributed by atoms with van der Waals surface area (Å²) in [4.78, 5) is 14.0. The predicted molar refractivity (Wildman–Crippen MR) is 155 cm³/mol. The van der Waals surface area contributed by atoms with E-state index in [0.717, 1.165) is 52.5 Å². The van der Waals surface area contributed by atoms with Gasteiger partial charge in [-0.25, -0.2) is 4.68 Å². The highest BCUT2D eigenvalue weighted by Crippen LogP contribution is 2.61. The van der Waals surface area contributed by atoms with Gasteiger partial charge in [0.15, 0.2) is 5.78 Å². The molecule has 0 amide bonds. The van der Waals surface area contributed by atoms with E-state index in [2.05, 4.69) is 90.0 Å². The number of anilines is 2. The highest BCUT2D eigenvalue weighted by molar-refractivity contribution is 6.01. The van der Waals surface area contributed by atoms with E-state index in [4.69, 9.17) is 5.10 Å². The molecule has 2 N–H and O–H groups in total. The summed E-state index contributed by atoms with van der Waals surface area (Å²) in [6.07, 6.45) is 11.6. The van der Waals surface area contributed by atoms with Crippen LogP contribution in [-0.2, 0) is 10.2 Å². The summed E-state index contributed by atoms with van der Waals surface area (Å²) in [7, 11) is 0. The molecule has 200 valence electrons. The van der Waals surface area contributed by atoms with Crippen LogP contribution < -0.4 is 10.6 Å². The minimum atomic E-state index is -0.222. The summed E-state index contributed by atoms with van der Waals surface area (Å²) in [5.41, 5.74) is 7.63. The van der Waals surface area contributed by atoms with Crippen LogP contribution in [0.3, 0.4) is 0 Å². The third-order valence-corrected chi connectivity index (χ3v) is 10.3. The first kappa shape index (κ1) is 23.5. The number of para-hydroxylation sites is 3. The second-order valence-corrected chi connectivity index (χ2v) is 14.0. The lowest BCUT2D eigenvalue weighted by atomic mass is 9.48. The minimum absolute atomic E-state index is 0.0657. The van der Waals surface area contributed by atoms with Crippen molar-refractivity contribution in [2.24, 2.45) is 23.2 Å². The van der Waals surface area contributed by atoms with E-state index in [1.807, 2.05) is 0 Å². The maximum absolute atomic E-state index is 14.0. The van der Waals surface area contributed by atoms with Crippen LogP contribution in [0.1, 0.15) is 82.5 Å². The van der Waals surface area contributed by atoms with Gasteiger partial charge in [-0.3, -0.25) is 4.79 Å². The number of aromatic nitrogens is 2. The number of ketones is 1. The maximum Gasteiger partial charge on any atom is 0.163 e. The molecular weight excluding hydrogens is 480 g/mol. The number of nitrogens with one attached hydrogen (secondary N) is 2. The molecule has 0 unspecified atom stereocenters. The molecule has 2 heterocycles. The number of allylic oxidation sites excluding steroid dienone is 1. The smallest absolute Gasteiger partial charge is 0.163 e. The summed E-state index contributed by atoms with van der Waals surface area (Å²) in [5, 5.41) is 13.0. The number of benzene rings is 2. The van der Waals surface area contributed by atoms with E-state index < -0.39 is 0 Å². The lowest BCUT2D eigenvalue weighted by Gasteiger charge is -2.56. The number of hydrogen-bond donors (Lipinski definition) is 2. The van der Waals surface area contributed by atoms with Crippen LogP contribution in [0.15, 0.2) is 72.1 Å². The van der Waals surface area contributed by atoms with E-state index in [0.29, 0.717) is 6.42 Å². The number of hydrogen-bond acceptors (Lipinski definition) is 4. The molecule has 6 aliphatic rings. The summed E-state index contributed by atoms with van der Waals surface area (Å²) >= 11 is 0. The Morgan fingerprint density at radius 2 is 1.49 bits per heavy atom. The number of carbonyl (C=O) groups is 1. The second-order valence-electron chi connectivity index (χ2n) is 14.0. The van der Waals surface area contributed by atoms with Gasteiger partial charge in [-0.1, -0.05) is 44.2 Å². The number of Topliss-reactive ketones (excluding diaryl/α,β-unsaturated/α-hetero) is 1. The molecular formula is C34H38N4O. The van der Waals surface area contributed by atoms with Gasteiger partial charge in [0.1, 0.15) is 0 Å². The van der Waals surface area contributed by atoms with Crippen molar-refractivity contribution in [3.63, 3.8) is 0 Å². The lowest BCUT2D eigenvalue weighted by molar-refractivity contribution is -0.118. The van der Waals surface area contributed by atoms with Crippen LogP contribution in [-0.4, -0.2) is 15.6 Å². The monoisotopic (exact) mass is 518 g/mol. The fourth-order valence-corrected chi connectivity index (χ4v) is 9.25. The van der Waals surface area contributed by atoms with Crippen molar-refractivity contribution in [3.8, 4) is 5.69 Å². The maximum atomic E-state index is 14.0. The fraction of sp³-hybridized carbons (Fsp3) is 0.471. The molecule has 9 rings (SSSR count). The average Bonchev–Trinajstić information content (AvgIpc) is 3.27. The molecule has 39 heavy (non-hydrogen) atoms. The fourth-order valence-electron chi connectivity index (χ4n) is 9.25. The zero-order valence-corrected chi connectivity index (χ0v) is 23.0. The van der Waals surface area contributed by atoms with Crippen molar-refractivity contribution < 1.29 is 4.79 Å². The van der Waals surface area contributed by atoms with Gasteiger partial charge in [-0.2, -0.15) is 5.10 Å². The van der Waals surface area contributed by atoms with Crippen molar-refractivity contribution in [2.75, 3.05) is 10.6 Å². The van der Waals surface area contributed by atoms with E-state index in [1.54, 1.807) is 0 Å². The summed E-state index contributed by atoms with van der Waals surface area (Å²) in [6, 6.07) is 18.7. The first-order valence-electron chi connectivity index (χ1n) is 14.9. The molecule has 0 radical (unpaired) electrons. The third-order valence-electron chi connectivity index (χ3n) is 10.3. The van der Waals surface area contributed by atoms with Gasteiger partial charge in [0.2, 0.25) is 0 Å². The molecule has 4 bridgehead atoms. The molecule has 3 aromatic rings. The van der Waals surface area contributed by atoms with Crippen molar-refractivity contribution in [3.05, 3.63) is 83.3 Å². The molecule has 5 nitrogen and oxygen atoms in total. The van der Waals surface area contributed by atoms with Crippen LogP contribution in [0.25, 0.3) is 5.69 Å². The topological polar surface area (TPSA) is 59.0 Å². The van der Waals surface area contributed by atoms with Crippen LogP contribution in [0, 0.1) is 23.2 Å². The number of rotatable bonds is 3. The van der Waals surface area contributed by atoms with E-state index in [1.165, 1.54) is 49.8 Å². The molecule has 4 saturated carbocycles. The van der Waals surface area contributed by atoms with Gasteiger partial charge in [0, 0.05) is 34.9 Å². The van der Waals surface area contributed by atoms with Crippen LogP contribution in [0.2, 0.25) is 0 Å². The highest BCUT2D eigenvalue weighted by atomic mass is 16.1. The number of carbonyl (C=O) groups excluding carboxylic acids is 1. The quantitative estimate of drug-likeness (QED) is 0.376. The Labute approximate surface area is 231 Å². The zero-order valence-electron chi connectivity index (χ0n) is 23.0.